The summed E-state index contributed by atoms with van der Waals surface area (Å²) in [6.07, 6.45) is 6.43. The van der Waals surface area contributed by atoms with Crippen molar-refractivity contribution >= 4 is 17.3 Å². The van der Waals surface area contributed by atoms with Crippen LogP contribution in [-0.4, -0.2) is 13.1 Å². The molecule has 1 heterocycles. The molecule has 0 N–H and O–H groups in total. The second kappa shape index (κ2) is 5.21. The number of hydrogen-bond acceptors (Lipinski definition) is 3. The Morgan fingerprint density at radius 2 is 2.12 bits per heavy atom. The molecule has 0 bridgehead atoms. The van der Waals surface area contributed by atoms with Crippen molar-refractivity contribution in [3.8, 4) is 0 Å². The zero-order valence-corrected chi connectivity index (χ0v) is 11.4. The predicted octanol–water partition coefficient (Wildman–Crippen LogP) is 3.69. The van der Waals surface area contributed by atoms with E-state index in [1.54, 1.807) is 11.3 Å². The summed E-state index contributed by atoms with van der Waals surface area (Å²) in [6, 6.07) is 2.20. The molecule has 2 nitrogen and oxygen atoms in total. The fraction of sp³-hybridized carbons (Fsp3) is 0.643. The van der Waals surface area contributed by atoms with Gasteiger partial charge in [0, 0.05) is 4.88 Å². The molecule has 17 heavy (non-hydrogen) atoms. The lowest BCUT2D eigenvalue weighted by Crippen LogP contribution is -2.38. The molecule has 1 aliphatic carbocycles. The summed E-state index contributed by atoms with van der Waals surface area (Å²) in [4.78, 5) is 13.5. The lowest BCUT2D eigenvalue weighted by Gasteiger charge is -2.34. The van der Waals surface area contributed by atoms with Crippen molar-refractivity contribution in [3.05, 3.63) is 21.9 Å². The molecular formula is C14H20O2S. The molecule has 0 amide bonds. The van der Waals surface area contributed by atoms with Crippen LogP contribution in [0.15, 0.2) is 11.4 Å². The molecule has 1 aromatic heterocycles. The fourth-order valence-electron chi connectivity index (χ4n) is 2.78. The van der Waals surface area contributed by atoms with Crippen LogP contribution in [0.25, 0.3) is 0 Å². The van der Waals surface area contributed by atoms with Crippen LogP contribution in [0.4, 0.5) is 0 Å². The summed E-state index contributed by atoms with van der Waals surface area (Å²) in [5, 5.41) is 2.15. The average molecular weight is 252 g/mol. The first-order chi connectivity index (χ1) is 8.23. The largest absolute Gasteiger partial charge is 0.468 e. The van der Waals surface area contributed by atoms with E-state index in [0.717, 1.165) is 32.1 Å². The molecule has 0 unspecified atom stereocenters. The summed E-state index contributed by atoms with van der Waals surface area (Å²) >= 11 is 1.76. The number of ether oxygens (including phenoxy) is 1. The number of carbonyl (C=O) groups excluding carboxylic acids is 1. The maximum Gasteiger partial charge on any atom is 0.316 e. The van der Waals surface area contributed by atoms with Gasteiger partial charge in [-0.15, -0.1) is 11.3 Å². The number of rotatable bonds is 3. The minimum Gasteiger partial charge on any atom is -0.468 e. The first kappa shape index (κ1) is 12.6. The van der Waals surface area contributed by atoms with Gasteiger partial charge in [0.1, 0.15) is 0 Å². The van der Waals surface area contributed by atoms with Crippen LogP contribution in [0.1, 0.15) is 49.5 Å². The Labute approximate surface area is 107 Å². The van der Waals surface area contributed by atoms with Gasteiger partial charge in [-0.05, 0) is 36.3 Å². The zero-order chi connectivity index (χ0) is 12.3. The number of methoxy groups -OCH3 is 1. The van der Waals surface area contributed by atoms with E-state index in [1.807, 2.05) is 0 Å². The van der Waals surface area contributed by atoms with E-state index < -0.39 is 0 Å². The molecule has 1 aliphatic rings. The van der Waals surface area contributed by atoms with Crippen LogP contribution in [0.5, 0.6) is 0 Å². The van der Waals surface area contributed by atoms with Gasteiger partial charge >= 0.3 is 5.97 Å². The average Bonchev–Trinajstić information content (AvgIpc) is 2.87. The SMILES string of the molecule is CCc1cc(C2(C(=O)OC)CCCCC2)cs1. The Morgan fingerprint density at radius 1 is 1.41 bits per heavy atom. The Morgan fingerprint density at radius 3 is 2.65 bits per heavy atom. The smallest absolute Gasteiger partial charge is 0.316 e. The van der Waals surface area contributed by atoms with Gasteiger partial charge in [-0.25, -0.2) is 0 Å². The Hall–Kier alpha value is -0.830. The fourth-order valence-corrected chi connectivity index (χ4v) is 3.71. The molecule has 0 aromatic carbocycles. The third-order valence-electron chi connectivity index (χ3n) is 3.84. The van der Waals surface area contributed by atoms with Crippen molar-refractivity contribution in [3.63, 3.8) is 0 Å². The van der Waals surface area contributed by atoms with Gasteiger partial charge in [0.05, 0.1) is 12.5 Å². The highest BCUT2D eigenvalue weighted by Crippen LogP contribution is 2.42. The molecule has 0 atom stereocenters. The third-order valence-corrected chi connectivity index (χ3v) is 4.92. The molecule has 0 radical (unpaired) electrons. The maximum atomic E-state index is 12.2. The second-order valence-electron chi connectivity index (χ2n) is 4.79. The lowest BCUT2D eigenvalue weighted by molar-refractivity contribution is -0.149. The predicted molar refractivity (Wildman–Crippen MR) is 70.5 cm³/mol. The summed E-state index contributed by atoms with van der Waals surface area (Å²) in [7, 11) is 1.51. The minimum atomic E-state index is -0.350. The highest BCUT2D eigenvalue weighted by Gasteiger charge is 2.42. The molecule has 2 rings (SSSR count). The van der Waals surface area contributed by atoms with Crippen molar-refractivity contribution in [1.29, 1.82) is 0 Å². The normalized spacial score (nSPS) is 18.9. The van der Waals surface area contributed by atoms with Crippen molar-refractivity contribution in [2.45, 2.75) is 50.9 Å². The Balaban J connectivity index is 2.35. The first-order valence-corrected chi connectivity index (χ1v) is 7.27. The topological polar surface area (TPSA) is 26.3 Å². The van der Waals surface area contributed by atoms with Gasteiger partial charge in [0.25, 0.3) is 0 Å². The molecule has 1 saturated carbocycles. The maximum absolute atomic E-state index is 12.2. The number of carbonyl (C=O) groups is 1. The molecule has 94 valence electrons. The molecule has 1 fully saturated rings. The van der Waals surface area contributed by atoms with Crippen molar-refractivity contribution < 1.29 is 9.53 Å². The lowest BCUT2D eigenvalue weighted by atomic mass is 9.70. The van der Waals surface area contributed by atoms with E-state index in [9.17, 15) is 4.79 Å². The summed E-state index contributed by atoms with van der Waals surface area (Å²) in [6.45, 7) is 2.15. The van der Waals surface area contributed by atoms with E-state index >= 15 is 0 Å². The van der Waals surface area contributed by atoms with E-state index in [0.29, 0.717) is 0 Å². The third kappa shape index (κ3) is 2.25. The minimum absolute atomic E-state index is 0.0438. The monoisotopic (exact) mass is 252 g/mol. The molecule has 0 saturated heterocycles. The van der Waals surface area contributed by atoms with Gasteiger partial charge in [-0.1, -0.05) is 26.2 Å². The molecule has 1 aromatic rings. The summed E-state index contributed by atoms with van der Waals surface area (Å²) in [5.41, 5.74) is 0.836. The second-order valence-corrected chi connectivity index (χ2v) is 5.79. The van der Waals surface area contributed by atoms with Gasteiger partial charge in [-0.2, -0.15) is 0 Å². The zero-order valence-electron chi connectivity index (χ0n) is 10.6. The number of aryl methyl sites for hydroxylation is 1. The van der Waals surface area contributed by atoms with E-state index in [1.165, 1.54) is 24.0 Å². The Kier molecular flexibility index (Phi) is 3.87. The molecule has 3 heteroatoms. The van der Waals surface area contributed by atoms with Crippen LogP contribution < -0.4 is 0 Å². The summed E-state index contributed by atoms with van der Waals surface area (Å²) < 4.78 is 5.06. The summed E-state index contributed by atoms with van der Waals surface area (Å²) in [5.74, 6) is -0.0438. The first-order valence-electron chi connectivity index (χ1n) is 6.39. The van der Waals surface area contributed by atoms with Crippen molar-refractivity contribution in [2.24, 2.45) is 0 Å². The van der Waals surface area contributed by atoms with Crippen LogP contribution >= 0.6 is 11.3 Å². The standard InChI is InChI=1S/C14H20O2S/c1-3-12-9-11(10-17-12)14(13(15)16-2)7-5-4-6-8-14/h9-10H,3-8H2,1-2H3. The highest BCUT2D eigenvalue weighted by atomic mass is 32.1. The number of hydrogen-bond donors (Lipinski definition) is 0. The van der Waals surface area contributed by atoms with Crippen LogP contribution in [-0.2, 0) is 21.4 Å². The van der Waals surface area contributed by atoms with E-state index in [2.05, 4.69) is 18.4 Å². The molecular weight excluding hydrogens is 232 g/mol. The molecule has 0 aliphatic heterocycles. The number of thiophene rings is 1. The van der Waals surface area contributed by atoms with Gasteiger partial charge < -0.3 is 4.74 Å². The van der Waals surface area contributed by atoms with Crippen LogP contribution in [0.3, 0.4) is 0 Å². The van der Waals surface area contributed by atoms with Crippen LogP contribution in [0, 0.1) is 0 Å². The van der Waals surface area contributed by atoms with Gasteiger partial charge in [-0.3, -0.25) is 4.79 Å². The number of esters is 1. The quantitative estimate of drug-likeness (QED) is 0.767. The molecule has 0 spiro atoms. The van der Waals surface area contributed by atoms with E-state index in [-0.39, 0.29) is 11.4 Å². The van der Waals surface area contributed by atoms with Crippen molar-refractivity contribution in [2.75, 3.05) is 7.11 Å². The van der Waals surface area contributed by atoms with Gasteiger partial charge in [0.15, 0.2) is 0 Å². The van der Waals surface area contributed by atoms with Crippen LogP contribution in [0.2, 0.25) is 0 Å². The van der Waals surface area contributed by atoms with Gasteiger partial charge in [0.2, 0.25) is 0 Å². The Bertz CT molecular complexity index is 389. The van der Waals surface area contributed by atoms with Crippen molar-refractivity contribution in [1.82, 2.24) is 0 Å². The van der Waals surface area contributed by atoms with E-state index in [4.69, 9.17) is 4.74 Å². The highest BCUT2D eigenvalue weighted by molar-refractivity contribution is 7.10.